The van der Waals surface area contributed by atoms with Gasteiger partial charge in [-0.1, -0.05) is 0 Å². The number of hydrogen-bond acceptors (Lipinski definition) is 7. The maximum atomic E-state index is 13.3. The zero-order valence-electron chi connectivity index (χ0n) is 23.2. The molecule has 1 saturated carbocycles. The van der Waals surface area contributed by atoms with Crippen LogP contribution < -0.4 is 5.56 Å². The van der Waals surface area contributed by atoms with Crippen molar-refractivity contribution >= 4 is 22.8 Å². The molecule has 0 radical (unpaired) electrons. The van der Waals surface area contributed by atoms with Crippen LogP contribution >= 0.6 is 0 Å². The Morgan fingerprint density at radius 3 is 2.30 bits per heavy atom. The SMILES string of the molecule is CN(C)C1CCN(C(=O)c2ccc(-n3ncc4c(=O)n(CC5(O)CCN(C(=O)C6CC6)CC5)cnc43)cc2)CC1. The van der Waals surface area contributed by atoms with Crippen molar-refractivity contribution in [3.05, 3.63) is 52.7 Å². The predicted molar refractivity (Wildman–Crippen MR) is 149 cm³/mol. The lowest BCUT2D eigenvalue weighted by molar-refractivity contribution is -0.137. The lowest BCUT2D eigenvalue weighted by Gasteiger charge is -2.38. The number of likely N-dealkylation sites (tertiary alicyclic amines) is 2. The second kappa shape index (κ2) is 10.4. The molecule has 0 bridgehead atoms. The molecule has 0 atom stereocenters. The van der Waals surface area contributed by atoms with Crippen LogP contribution in [0, 0.1) is 5.92 Å². The quantitative estimate of drug-likeness (QED) is 0.497. The second-order valence-corrected chi connectivity index (χ2v) is 11.8. The maximum absolute atomic E-state index is 13.3. The summed E-state index contributed by atoms with van der Waals surface area (Å²) in [5.74, 6) is 0.382. The smallest absolute Gasteiger partial charge is 0.264 e. The van der Waals surface area contributed by atoms with Gasteiger partial charge in [0, 0.05) is 43.7 Å². The molecule has 6 rings (SSSR count). The van der Waals surface area contributed by atoms with E-state index < -0.39 is 5.60 Å². The predicted octanol–water partition coefficient (Wildman–Crippen LogP) is 1.51. The molecule has 3 aromatic rings. The molecule has 0 spiro atoms. The highest BCUT2D eigenvalue weighted by molar-refractivity contribution is 5.94. The number of carbonyl (C=O) groups excluding carboxylic acids is 2. The summed E-state index contributed by atoms with van der Waals surface area (Å²) in [6.45, 7) is 2.61. The van der Waals surface area contributed by atoms with E-state index in [1.165, 1.54) is 17.1 Å². The molecule has 1 N–H and O–H groups in total. The molecule has 2 saturated heterocycles. The highest BCUT2D eigenvalue weighted by atomic mass is 16.3. The van der Waals surface area contributed by atoms with E-state index in [1.54, 1.807) is 16.8 Å². The first kappa shape index (κ1) is 26.6. The van der Waals surface area contributed by atoms with Gasteiger partial charge in [0.05, 0.1) is 24.0 Å². The van der Waals surface area contributed by atoms with Crippen LogP contribution in [0.1, 0.15) is 48.9 Å². The minimum Gasteiger partial charge on any atom is -0.388 e. The number of aliphatic hydroxyl groups is 1. The standard InChI is InChI=1S/C29H37N7O4/c1-32(2)22-9-13-33(14-10-22)26(37)21-5-7-23(8-6-21)36-25-24(17-31-36)28(39)35(19-30-25)18-29(40)11-15-34(16-12-29)27(38)20-3-4-20/h5-8,17,19-20,22,40H,3-4,9-16,18H2,1-2H3. The first-order valence-electron chi connectivity index (χ1n) is 14.2. The van der Waals surface area contributed by atoms with Crippen molar-refractivity contribution in [2.24, 2.45) is 5.92 Å². The third-order valence-corrected chi connectivity index (χ3v) is 8.79. The van der Waals surface area contributed by atoms with Gasteiger partial charge in [-0.2, -0.15) is 5.10 Å². The molecule has 1 aliphatic carbocycles. The molecule has 212 valence electrons. The largest absolute Gasteiger partial charge is 0.388 e. The molecule has 2 aromatic heterocycles. The maximum Gasteiger partial charge on any atom is 0.264 e. The monoisotopic (exact) mass is 547 g/mol. The molecule has 0 unspecified atom stereocenters. The van der Waals surface area contributed by atoms with Crippen molar-refractivity contribution < 1.29 is 14.7 Å². The highest BCUT2D eigenvalue weighted by Crippen LogP contribution is 2.33. The Labute approximate surface area is 233 Å². The Morgan fingerprint density at radius 2 is 1.68 bits per heavy atom. The van der Waals surface area contributed by atoms with Crippen molar-refractivity contribution in [3.8, 4) is 5.69 Å². The van der Waals surface area contributed by atoms with E-state index in [0.717, 1.165) is 38.8 Å². The zero-order valence-corrected chi connectivity index (χ0v) is 23.2. The number of benzene rings is 1. The van der Waals surface area contributed by atoms with Crippen molar-refractivity contribution in [1.29, 1.82) is 0 Å². The molecule has 1 aromatic carbocycles. The Morgan fingerprint density at radius 1 is 1.00 bits per heavy atom. The fourth-order valence-corrected chi connectivity index (χ4v) is 5.97. The average molecular weight is 548 g/mol. The van der Waals surface area contributed by atoms with Crippen LogP contribution in [0.4, 0.5) is 0 Å². The highest BCUT2D eigenvalue weighted by Gasteiger charge is 2.39. The van der Waals surface area contributed by atoms with Gasteiger partial charge in [0.1, 0.15) is 11.7 Å². The van der Waals surface area contributed by atoms with Crippen molar-refractivity contribution in [2.75, 3.05) is 40.3 Å². The molecule has 3 fully saturated rings. The number of carbonyl (C=O) groups is 2. The molecule has 4 heterocycles. The summed E-state index contributed by atoms with van der Waals surface area (Å²) in [5.41, 5.74) is 0.405. The van der Waals surface area contributed by atoms with Gasteiger partial charge in [-0.05, 0) is 76.9 Å². The third kappa shape index (κ3) is 5.15. The van der Waals surface area contributed by atoms with Gasteiger partial charge < -0.3 is 19.8 Å². The van der Waals surface area contributed by atoms with Crippen molar-refractivity contribution in [1.82, 2.24) is 34.0 Å². The lowest BCUT2D eigenvalue weighted by atomic mass is 9.91. The van der Waals surface area contributed by atoms with Gasteiger partial charge in [-0.15, -0.1) is 0 Å². The van der Waals surface area contributed by atoms with E-state index in [1.807, 2.05) is 21.9 Å². The van der Waals surface area contributed by atoms with Crippen LogP contribution in [0.5, 0.6) is 0 Å². The van der Waals surface area contributed by atoms with Crippen LogP contribution in [0.2, 0.25) is 0 Å². The van der Waals surface area contributed by atoms with Gasteiger partial charge in [0.15, 0.2) is 5.65 Å². The minimum atomic E-state index is -1.07. The summed E-state index contributed by atoms with van der Waals surface area (Å²) in [5, 5.41) is 15.9. The van der Waals surface area contributed by atoms with E-state index >= 15 is 0 Å². The number of fused-ring (bicyclic) bond motifs is 1. The Bertz CT molecular complexity index is 1460. The number of aromatic nitrogens is 4. The Balaban J connectivity index is 1.14. The van der Waals surface area contributed by atoms with Gasteiger partial charge in [0.2, 0.25) is 5.91 Å². The fourth-order valence-electron chi connectivity index (χ4n) is 5.97. The van der Waals surface area contributed by atoms with Gasteiger partial charge in [0.25, 0.3) is 11.5 Å². The van der Waals surface area contributed by atoms with Crippen LogP contribution in [0.3, 0.4) is 0 Å². The number of hydrogen-bond donors (Lipinski definition) is 1. The molecular weight excluding hydrogens is 510 g/mol. The molecule has 3 aliphatic rings. The fraction of sp³-hybridized carbons (Fsp3) is 0.552. The summed E-state index contributed by atoms with van der Waals surface area (Å²) in [6.07, 6.45) is 7.67. The normalized spacial score (nSPS) is 19.9. The van der Waals surface area contributed by atoms with E-state index in [-0.39, 0.29) is 29.8 Å². The number of rotatable bonds is 6. The Kier molecular flexibility index (Phi) is 6.95. The molecule has 40 heavy (non-hydrogen) atoms. The minimum absolute atomic E-state index is 0.0239. The van der Waals surface area contributed by atoms with E-state index in [0.29, 0.717) is 54.3 Å². The van der Waals surface area contributed by atoms with Crippen LogP contribution in [0.25, 0.3) is 16.7 Å². The van der Waals surface area contributed by atoms with Gasteiger partial charge in [-0.25, -0.2) is 9.67 Å². The number of nitrogens with zero attached hydrogens (tertiary/aromatic N) is 7. The van der Waals surface area contributed by atoms with Crippen LogP contribution in [0.15, 0.2) is 41.6 Å². The van der Waals surface area contributed by atoms with Gasteiger partial charge >= 0.3 is 0 Å². The third-order valence-electron chi connectivity index (χ3n) is 8.79. The van der Waals surface area contributed by atoms with E-state index in [4.69, 9.17) is 0 Å². The first-order valence-corrected chi connectivity index (χ1v) is 14.2. The number of amides is 2. The molecule has 2 aliphatic heterocycles. The summed E-state index contributed by atoms with van der Waals surface area (Å²) in [4.78, 5) is 49.2. The zero-order chi connectivity index (χ0) is 28.0. The molecule has 11 nitrogen and oxygen atoms in total. The second-order valence-electron chi connectivity index (χ2n) is 11.8. The van der Waals surface area contributed by atoms with E-state index in [9.17, 15) is 19.5 Å². The lowest BCUT2D eigenvalue weighted by Crippen LogP contribution is -2.50. The average Bonchev–Trinajstić information content (AvgIpc) is 3.73. The summed E-state index contributed by atoms with van der Waals surface area (Å²) < 4.78 is 3.03. The topological polar surface area (TPSA) is 117 Å². The van der Waals surface area contributed by atoms with E-state index in [2.05, 4.69) is 29.1 Å². The summed E-state index contributed by atoms with van der Waals surface area (Å²) in [6, 6.07) is 7.73. The van der Waals surface area contributed by atoms with Crippen LogP contribution in [-0.2, 0) is 11.3 Å². The Hall–Kier alpha value is -3.57. The van der Waals surface area contributed by atoms with Crippen LogP contribution in [-0.4, -0.2) is 103 Å². The summed E-state index contributed by atoms with van der Waals surface area (Å²) in [7, 11) is 4.16. The molecule has 2 amide bonds. The molecule has 11 heteroatoms. The first-order chi connectivity index (χ1) is 19.2. The van der Waals surface area contributed by atoms with Crippen molar-refractivity contribution in [2.45, 2.75) is 56.7 Å². The van der Waals surface area contributed by atoms with Gasteiger partial charge in [-0.3, -0.25) is 19.0 Å². The summed E-state index contributed by atoms with van der Waals surface area (Å²) >= 11 is 0. The number of piperidine rings is 2. The molecular formula is C29H37N7O4. The van der Waals surface area contributed by atoms with Crippen molar-refractivity contribution in [3.63, 3.8) is 0 Å².